The zero-order valence-corrected chi connectivity index (χ0v) is 18.3. The Hall–Kier alpha value is -1.09. The lowest BCUT2D eigenvalue weighted by atomic mass is 10.2. The predicted molar refractivity (Wildman–Crippen MR) is 116 cm³/mol. The van der Waals surface area contributed by atoms with Crippen molar-refractivity contribution in [2.45, 2.75) is 45.6 Å². The third-order valence-electron chi connectivity index (χ3n) is 4.06. The molecule has 0 spiro atoms. The number of nitrogens with zero attached hydrogens (tertiary/aromatic N) is 2. The lowest BCUT2D eigenvalue weighted by molar-refractivity contribution is 0.123. The van der Waals surface area contributed by atoms with Gasteiger partial charge >= 0.3 is 0 Å². The zero-order valence-electron chi connectivity index (χ0n) is 16.0. The molecule has 6 nitrogen and oxygen atoms in total. The van der Waals surface area contributed by atoms with Gasteiger partial charge in [-0.25, -0.2) is 4.98 Å². The minimum Gasteiger partial charge on any atom is -0.477 e. The Kier molecular flexibility index (Phi) is 12.4. The molecule has 1 aliphatic rings. The first-order valence-electron chi connectivity index (χ1n) is 9.42. The lowest BCUT2D eigenvalue weighted by Gasteiger charge is -2.14. The molecule has 148 valence electrons. The maximum absolute atomic E-state index is 5.77. The summed E-state index contributed by atoms with van der Waals surface area (Å²) in [4.78, 5) is 8.59. The van der Waals surface area contributed by atoms with Crippen LogP contribution in [0.5, 0.6) is 5.88 Å². The van der Waals surface area contributed by atoms with Crippen LogP contribution in [0.15, 0.2) is 23.3 Å². The fourth-order valence-electron chi connectivity index (χ4n) is 2.32. The standard InChI is InChI=1S/C19H32N4O2.HI/c1-3-4-13-25-18-17(7-5-10-21-18)14-23-19(20-2)22-11-6-12-24-15-16-8-9-16;/h5,7,10,16H,3-4,6,8-9,11-15H2,1-2H3,(H2,20,22,23);1H. The van der Waals surface area contributed by atoms with E-state index in [1.54, 1.807) is 13.2 Å². The molecule has 7 heteroatoms. The van der Waals surface area contributed by atoms with Gasteiger partial charge in [0.15, 0.2) is 5.96 Å². The smallest absolute Gasteiger partial charge is 0.218 e. The molecule has 1 fully saturated rings. The molecule has 0 unspecified atom stereocenters. The molecule has 1 aliphatic carbocycles. The predicted octanol–water partition coefficient (Wildman–Crippen LogP) is 3.36. The summed E-state index contributed by atoms with van der Waals surface area (Å²) >= 11 is 0. The summed E-state index contributed by atoms with van der Waals surface area (Å²) in [5.41, 5.74) is 1.04. The van der Waals surface area contributed by atoms with Crippen LogP contribution in [0.4, 0.5) is 0 Å². The Balaban J connectivity index is 0.00000338. The Bertz CT molecular complexity index is 524. The minimum absolute atomic E-state index is 0. The summed E-state index contributed by atoms with van der Waals surface area (Å²) in [7, 11) is 1.78. The number of unbranched alkanes of at least 4 members (excludes halogenated alkanes) is 1. The molecule has 1 heterocycles. The highest BCUT2D eigenvalue weighted by atomic mass is 127. The molecule has 2 rings (SSSR count). The average molecular weight is 476 g/mol. The molecule has 1 aromatic rings. The monoisotopic (exact) mass is 476 g/mol. The van der Waals surface area contributed by atoms with Gasteiger partial charge in [0.25, 0.3) is 0 Å². The van der Waals surface area contributed by atoms with Gasteiger partial charge in [-0.2, -0.15) is 0 Å². The second-order valence-electron chi connectivity index (χ2n) is 6.39. The summed E-state index contributed by atoms with van der Waals surface area (Å²) < 4.78 is 11.4. The van der Waals surface area contributed by atoms with Gasteiger partial charge in [0.1, 0.15) is 0 Å². The Morgan fingerprint density at radius 3 is 2.85 bits per heavy atom. The third kappa shape index (κ3) is 9.56. The number of aliphatic imine (C=N–C) groups is 1. The Labute approximate surface area is 174 Å². The second kappa shape index (κ2) is 14.0. The van der Waals surface area contributed by atoms with E-state index in [9.17, 15) is 0 Å². The molecule has 0 aromatic carbocycles. The number of nitrogens with one attached hydrogen (secondary N) is 2. The minimum atomic E-state index is 0. The van der Waals surface area contributed by atoms with Crippen molar-refractivity contribution in [2.24, 2.45) is 10.9 Å². The second-order valence-corrected chi connectivity index (χ2v) is 6.39. The first-order valence-corrected chi connectivity index (χ1v) is 9.42. The van der Waals surface area contributed by atoms with Crippen LogP contribution in [-0.2, 0) is 11.3 Å². The molecule has 1 aromatic heterocycles. The maximum Gasteiger partial charge on any atom is 0.218 e. The topological polar surface area (TPSA) is 67.8 Å². The van der Waals surface area contributed by atoms with Gasteiger partial charge in [-0.15, -0.1) is 24.0 Å². The van der Waals surface area contributed by atoms with Gasteiger partial charge < -0.3 is 20.1 Å². The van der Waals surface area contributed by atoms with Crippen LogP contribution in [0.2, 0.25) is 0 Å². The van der Waals surface area contributed by atoms with Crippen molar-refractivity contribution < 1.29 is 9.47 Å². The quantitative estimate of drug-likeness (QED) is 0.210. The van der Waals surface area contributed by atoms with E-state index in [-0.39, 0.29) is 24.0 Å². The van der Waals surface area contributed by atoms with Crippen LogP contribution < -0.4 is 15.4 Å². The van der Waals surface area contributed by atoms with Crippen LogP contribution >= 0.6 is 24.0 Å². The number of halogens is 1. The number of pyridine rings is 1. The molecule has 0 amide bonds. The molecular weight excluding hydrogens is 443 g/mol. The highest BCUT2D eigenvalue weighted by Gasteiger charge is 2.20. The summed E-state index contributed by atoms with van der Waals surface area (Å²) in [6.45, 7) is 6.06. The number of guanidine groups is 1. The molecule has 0 saturated heterocycles. The van der Waals surface area contributed by atoms with E-state index in [4.69, 9.17) is 9.47 Å². The van der Waals surface area contributed by atoms with Crippen LogP contribution in [0.3, 0.4) is 0 Å². The molecular formula is C19H33IN4O2. The van der Waals surface area contributed by atoms with Crippen molar-refractivity contribution in [1.82, 2.24) is 15.6 Å². The molecule has 2 N–H and O–H groups in total. The van der Waals surface area contributed by atoms with Crippen LogP contribution in [0.25, 0.3) is 0 Å². The normalized spacial score (nSPS) is 13.8. The van der Waals surface area contributed by atoms with Crippen molar-refractivity contribution >= 4 is 29.9 Å². The summed E-state index contributed by atoms with van der Waals surface area (Å²) in [6.07, 6.45) is 7.57. The molecule has 1 saturated carbocycles. The van der Waals surface area contributed by atoms with Gasteiger partial charge in [-0.1, -0.05) is 19.4 Å². The largest absolute Gasteiger partial charge is 0.477 e. The van der Waals surface area contributed by atoms with Gasteiger partial charge in [0.2, 0.25) is 5.88 Å². The Morgan fingerprint density at radius 2 is 2.12 bits per heavy atom. The van der Waals surface area contributed by atoms with E-state index in [0.29, 0.717) is 19.0 Å². The number of rotatable bonds is 12. The van der Waals surface area contributed by atoms with Gasteiger partial charge in [0.05, 0.1) is 6.61 Å². The van der Waals surface area contributed by atoms with Crippen molar-refractivity contribution in [2.75, 3.05) is 33.4 Å². The molecule has 0 atom stereocenters. The van der Waals surface area contributed by atoms with E-state index in [1.165, 1.54) is 12.8 Å². The summed E-state index contributed by atoms with van der Waals surface area (Å²) in [5.74, 6) is 2.31. The number of ether oxygens (including phenoxy) is 2. The SMILES string of the molecule is CCCCOc1ncccc1CNC(=NC)NCCCOCC1CC1.I. The third-order valence-corrected chi connectivity index (χ3v) is 4.06. The number of hydrogen-bond donors (Lipinski definition) is 2. The first-order chi connectivity index (χ1) is 12.3. The maximum atomic E-state index is 5.77. The van der Waals surface area contributed by atoms with E-state index in [2.05, 4.69) is 27.5 Å². The van der Waals surface area contributed by atoms with Gasteiger partial charge in [-0.05, 0) is 37.7 Å². The number of aromatic nitrogens is 1. The van der Waals surface area contributed by atoms with Crippen molar-refractivity contribution in [3.8, 4) is 5.88 Å². The number of hydrogen-bond acceptors (Lipinski definition) is 4. The highest BCUT2D eigenvalue weighted by molar-refractivity contribution is 14.0. The van der Waals surface area contributed by atoms with Crippen LogP contribution in [-0.4, -0.2) is 44.4 Å². The van der Waals surface area contributed by atoms with Crippen LogP contribution in [0, 0.1) is 5.92 Å². The molecule has 0 aliphatic heterocycles. The fraction of sp³-hybridized carbons (Fsp3) is 0.684. The van der Waals surface area contributed by atoms with Crippen molar-refractivity contribution in [3.63, 3.8) is 0 Å². The molecule has 26 heavy (non-hydrogen) atoms. The van der Waals surface area contributed by atoms with E-state index in [1.807, 2.05) is 12.1 Å². The summed E-state index contributed by atoms with van der Waals surface area (Å²) in [6, 6.07) is 3.96. The molecule has 0 bridgehead atoms. The van der Waals surface area contributed by atoms with E-state index < -0.39 is 0 Å². The van der Waals surface area contributed by atoms with Crippen LogP contribution in [0.1, 0.15) is 44.6 Å². The van der Waals surface area contributed by atoms with Crippen molar-refractivity contribution in [1.29, 1.82) is 0 Å². The van der Waals surface area contributed by atoms with Crippen molar-refractivity contribution in [3.05, 3.63) is 23.9 Å². The average Bonchev–Trinajstić information content (AvgIpc) is 3.46. The first kappa shape index (κ1) is 23.0. The zero-order chi connectivity index (χ0) is 17.7. The van der Waals surface area contributed by atoms with Gasteiger partial charge in [0, 0.05) is 45.1 Å². The molecule has 0 radical (unpaired) electrons. The van der Waals surface area contributed by atoms with E-state index in [0.717, 1.165) is 56.5 Å². The fourth-order valence-corrected chi connectivity index (χ4v) is 2.32. The Morgan fingerprint density at radius 1 is 1.27 bits per heavy atom. The van der Waals surface area contributed by atoms with Gasteiger partial charge in [-0.3, -0.25) is 4.99 Å². The highest BCUT2D eigenvalue weighted by Crippen LogP contribution is 2.28. The summed E-state index contributed by atoms with van der Waals surface area (Å²) in [5, 5.41) is 6.63. The lowest BCUT2D eigenvalue weighted by Crippen LogP contribution is -2.37. The van der Waals surface area contributed by atoms with E-state index >= 15 is 0 Å².